The average molecular weight is 188 g/mol. The number of carbonyl (C=O) groups is 1. The third kappa shape index (κ3) is 1.47. The van der Waals surface area contributed by atoms with Crippen molar-refractivity contribution in [2.45, 2.75) is 0 Å². The van der Waals surface area contributed by atoms with Crippen molar-refractivity contribution in [3.05, 3.63) is 49.3 Å². The molecule has 70 valence electrons. The van der Waals surface area contributed by atoms with Gasteiger partial charge in [-0.2, -0.15) is 0 Å². The van der Waals surface area contributed by atoms with Gasteiger partial charge < -0.3 is 0 Å². The summed E-state index contributed by atoms with van der Waals surface area (Å²) in [7, 11) is 0. The van der Waals surface area contributed by atoms with Gasteiger partial charge in [0.1, 0.15) is 24.8 Å². The minimum atomic E-state index is 0.690. The largest absolute Gasteiger partial charge is 0.298 e. The molecule has 0 saturated heterocycles. The summed E-state index contributed by atoms with van der Waals surface area (Å²) in [5.41, 5.74) is 0. The number of rotatable bonds is 3. The van der Waals surface area contributed by atoms with Crippen LogP contribution in [0.2, 0.25) is 0 Å². The second kappa shape index (κ2) is 3.69. The Kier molecular flexibility index (Phi) is 2.22. The molecule has 14 heavy (non-hydrogen) atoms. The van der Waals surface area contributed by atoms with Crippen LogP contribution < -0.4 is 0 Å². The number of aldehydes is 1. The van der Waals surface area contributed by atoms with Crippen molar-refractivity contribution < 1.29 is 4.79 Å². The molecule has 0 spiro atoms. The van der Waals surface area contributed by atoms with E-state index < -0.39 is 0 Å². The maximum Gasteiger partial charge on any atom is 0.146 e. The summed E-state index contributed by atoms with van der Waals surface area (Å²) in [6.45, 7) is 0. The van der Waals surface area contributed by atoms with Crippen molar-refractivity contribution >= 4 is 6.29 Å². The molecule has 0 saturated carbocycles. The first-order valence-electron chi connectivity index (χ1n) is 4.04. The second-order valence-electron chi connectivity index (χ2n) is 2.60. The van der Waals surface area contributed by atoms with E-state index >= 15 is 0 Å². The Hall–Kier alpha value is -2.17. The SMILES string of the molecule is O=CC=C(n1ccnc1)n1ccnc1. The molecule has 0 aliphatic carbocycles. The molecule has 5 nitrogen and oxygen atoms in total. The van der Waals surface area contributed by atoms with Gasteiger partial charge in [0.25, 0.3) is 0 Å². The van der Waals surface area contributed by atoms with Crippen LogP contribution in [0.5, 0.6) is 0 Å². The third-order valence-corrected chi connectivity index (χ3v) is 1.76. The highest BCUT2D eigenvalue weighted by Gasteiger charge is 2.00. The summed E-state index contributed by atoms with van der Waals surface area (Å²) in [6, 6.07) is 0. The van der Waals surface area contributed by atoms with Gasteiger partial charge in [-0.3, -0.25) is 13.9 Å². The fourth-order valence-corrected chi connectivity index (χ4v) is 1.16. The molecule has 0 radical (unpaired) electrons. The quantitative estimate of drug-likeness (QED) is 0.519. The summed E-state index contributed by atoms with van der Waals surface area (Å²) >= 11 is 0. The van der Waals surface area contributed by atoms with Crippen molar-refractivity contribution in [1.82, 2.24) is 19.1 Å². The molecule has 2 heterocycles. The van der Waals surface area contributed by atoms with Crippen molar-refractivity contribution in [2.75, 3.05) is 0 Å². The fraction of sp³-hybridized carbons (Fsp3) is 0. The molecule has 0 atom stereocenters. The van der Waals surface area contributed by atoms with Crippen LogP contribution >= 0.6 is 0 Å². The number of allylic oxidation sites excluding steroid dienone is 1. The summed E-state index contributed by atoms with van der Waals surface area (Å²) < 4.78 is 3.46. The van der Waals surface area contributed by atoms with E-state index in [9.17, 15) is 4.79 Å². The molecule has 5 heteroatoms. The monoisotopic (exact) mass is 188 g/mol. The van der Waals surface area contributed by atoms with Gasteiger partial charge >= 0.3 is 0 Å². The van der Waals surface area contributed by atoms with E-state index in [1.807, 2.05) is 0 Å². The minimum absolute atomic E-state index is 0.690. The average Bonchev–Trinajstić information content (AvgIpc) is 2.87. The highest BCUT2D eigenvalue weighted by molar-refractivity contribution is 5.64. The van der Waals surface area contributed by atoms with Gasteiger partial charge in [-0.25, -0.2) is 9.97 Å². The van der Waals surface area contributed by atoms with Gasteiger partial charge in [-0.05, 0) is 0 Å². The molecule has 2 aromatic heterocycles. The molecule has 0 aliphatic rings. The summed E-state index contributed by atoms with van der Waals surface area (Å²) in [5, 5.41) is 0. The van der Waals surface area contributed by atoms with Crippen LogP contribution in [-0.4, -0.2) is 25.4 Å². The first kappa shape index (κ1) is 8.43. The highest BCUT2D eigenvalue weighted by atomic mass is 16.1. The van der Waals surface area contributed by atoms with Crippen molar-refractivity contribution in [3.8, 4) is 0 Å². The van der Waals surface area contributed by atoms with E-state index in [-0.39, 0.29) is 0 Å². The van der Waals surface area contributed by atoms with Crippen LogP contribution in [0.1, 0.15) is 0 Å². The molecule has 0 fully saturated rings. The predicted octanol–water partition coefficient (Wildman–Crippen LogP) is 0.442. The predicted molar refractivity (Wildman–Crippen MR) is 49.1 cm³/mol. The Morgan fingerprint density at radius 1 is 1.07 bits per heavy atom. The lowest BCUT2D eigenvalue weighted by atomic mass is 10.5. The van der Waals surface area contributed by atoms with E-state index in [0.717, 1.165) is 6.29 Å². The molecule has 0 N–H and O–H groups in total. The van der Waals surface area contributed by atoms with E-state index in [2.05, 4.69) is 9.97 Å². The Balaban J connectivity index is 2.45. The zero-order chi connectivity index (χ0) is 9.80. The minimum Gasteiger partial charge on any atom is -0.298 e. The smallest absolute Gasteiger partial charge is 0.146 e. The lowest BCUT2D eigenvalue weighted by Gasteiger charge is -2.06. The van der Waals surface area contributed by atoms with Crippen LogP contribution in [0.3, 0.4) is 0 Å². The first-order chi connectivity index (χ1) is 6.92. The maximum atomic E-state index is 10.5. The number of hydrogen-bond donors (Lipinski definition) is 0. The molecule has 2 rings (SSSR count). The molecule has 0 aliphatic heterocycles. The van der Waals surface area contributed by atoms with E-state index in [1.54, 1.807) is 46.6 Å². The summed E-state index contributed by atoms with van der Waals surface area (Å²) in [4.78, 5) is 18.3. The van der Waals surface area contributed by atoms with Crippen LogP contribution in [0.4, 0.5) is 0 Å². The fourth-order valence-electron chi connectivity index (χ4n) is 1.16. The topological polar surface area (TPSA) is 52.7 Å². The lowest BCUT2D eigenvalue weighted by molar-refractivity contribution is -0.104. The van der Waals surface area contributed by atoms with Gasteiger partial charge in [-0.1, -0.05) is 0 Å². The number of imidazole rings is 2. The number of hydrogen-bond acceptors (Lipinski definition) is 3. The zero-order valence-electron chi connectivity index (χ0n) is 7.32. The Labute approximate surface area is 80.3 Å². The second-order valence-corrected chi connectivity index (χ2v) is 2.60. The summed E-state index contributed by atoms with van der Waals surface area (Å²) in [5.74, 6) is 0.690. The van der Waals surface area contributed by atoms with Gasteiger partial charge in [0.05, 0.1) is 0 Å². The first-order valence-corrected chi connectivity index (χ1v) is 4.04. The van der Waals surface area contributed by atoms with Crippen molar-refractivity contribution in [3.63, 3.8) is 0 Å². The van der Waals surface area contributed by atoms with E-state index in [1.165, 1.54) is 6.08 Å². The van der Waals surface area contributed by atoms with Gasteiger partial charge in [0.2, 0.25) is 0 Å². The van der Waals surface area contributed by atoms with E-state index in [4.69, 9.17) is 0 Å². The van der Waals surface area contributed by atoms with Crippen LogP contribution in [-0.2, 0) is 4.79 Å². The Bertz CT molecular complexity index is 391. The third-order valence-electron chi connectivity index (χ3n) is 1.76. The lowest BCUT2D eigenvalue weighted by Crippen LogP contribution is -2.08. The van der Waals surface area contributed by atoms with E-state index in [0.29, 0.717) is 5.82 Å². The van der Waals surface area contributed by atoms with Crippen molar-refractivity contribution in [1.29, 1.82) is 0 Å². The molecular formula is C9H8N4O. The molecule has 2 aromatic rings. The molecule has 0 aromatic carbocycles. The molecule has 0 amide bonds. The van der Waals surface area contributed by atoms with Gasteiger partial charge in [0.15, 0.2) is 0 Å². The number of aromatic nitrogens is 4. The van der Waals surface area contributed by atoms with Crippen molar-refractivity contribution in [2.24, 2.45) is 0 Å². The Morgan fingerprint density at radius 2 is 1.64 bits per heavy atom. The number of nitrogens with zero attached hydrogens (tertiary/aromatic N) is 4. The van der Waals surface area contributed by atoms with Crippen LogP contribution in [0.15, 0.2) is 43.5 Å². The zero-order valence-corrected chi connectivity index (χ0v) is 7.32. The molecule has 0 bridgehead atoms. The number of carbonyl (C=O) groups excluding carboxylic acids is 1. The Morgan fingerprint density at radius 3 is 2.00 bits per heavy atom. The molecule has 0 unspecified atom stereocenters. The highest BCUT2D eigenvalue weighted by Crippen LogP contribution is 2.00. The summed E-state index contributed by atoms with van der Waals surface area (Å²) in [6.07, 6.45) is 12.2. The maximum absolute atomic E-state index is 10.5. The molecular weight excluding hydrogens is 180 g/mol. The van der Waals surface area contributed by atoms with Gasteiger partial charge in [0, 0.05) is 30.9 Å². The van der Waals surface area contributed by atoms with Crippen LogP contribution in [0, 0.1) is 5.82 Å². The van der Waals surface area contributed by atoms with Gasteiger partial charge in [-0.15, -0.1) is 0 Å². The standard InChI is InChI=1S/C9H8N4O/c14-6-1-9(12-4-2-10-7-12)13-5-3-11-8-13/h1-8H. The van der Waals surface area contributed by atoms with Crippen LogP contribution in [0.25, 0.3) is 0 Å². The normalized spacial score (nSPS) is 9.71.